The van der Waals surface area contributed by atoms with Crippen molar-refractivity contribution in [3.05, 3.63) is 35.4 Å². The summed E-state index contributed by atoms with van der Waals surface area (Å²) >= 11 is 0. The van der Waals surface area contributed by atoms with Crippen molar-refractivity contribution in [3.63, 3.8) is 0 Å². The van der Waals surface area contributed by atoms with Gasteiger partial charge in [-0.15, -0.1) is 0 Å². The molecule has 2 unspecified atom stereocenters. The molecular weight excluding hydrogens is 213 g/mol. The van der Waals surface area contributed by atoms with Crippen LogP contribution in [0.2, 0.25) is 0 Å². The number of hydrogen-bond donors (Lipinski definition) is 1. The summed E-state index contributed by atoms with van der Waals surface area (Å²) in [5.41, 5.74) is 2.09. The molecule has 0 aliphatic carbocycles. The topological polar surface area (TPSA) is 12.0 Å². The molecule has 94 valence electrons. The fraction of sp³-hybridized carbons (Fsp3) is 0.600. The van der Waals surface area contributed by atoms with Gasteiger partial charge in [-0.2, -0.15) is 0 Å². The second kappa shape index (κ2) is 5.63. The first-order chi connectivity index (χ1) is 8.18. The smallest absolute Gasteiger partial charge is 0.140 e. The average Bonchev–Trinajstić information content (AvgIpc) is 2.39. The molecule has 0 bridgehead atoms. The van der Waals surface area contributed by atoms with Gasteiger partial charge in [0.1, 0.15) is 6.17 Å². The molecule has 1 saturated heterocycles. The number of halogens is 1. The van der Waals surface area contributed by atoms with Crippen molar-refractivity contribution in [1.29, 1.82) is 0 Å². The van der Waals surface area contributed by atoms with Gasteiger partial charge in [0.25, 0.3) is 0 Å². The number of alkyl halides is 1. The molecule has 1 aromatic rings. The first kappa shape index (κ1) is 12.6. The van der Waals surface area contributed by atoms with Gasteiger partial charge in [-0.05, 0) is 36.4 Å². The van der Waals surface area contributed by atoms with Gasteiger partial charge in [-0.3, -0.25) is 0 Å². The third-order valence-electron chi connectivity index (χ3n) is 3.62. The maximum absolute atomic E-state index is 14.3. The van der Waals surface area contributed by atoms with Crippen LogP contribution in [0.3, 0.4) is 0 Å². The second-order valence-electron chi connectivity index (χ2n) is 5.28. The summed E-state index contributed by atoms with van der Waals surface area (Å²) in [5, 5.41) is 3.28. The van der Waals surface area contributed by atoms with E-state index in [4.69, 9.17) is 0 Å². The van der Waals surface area contributed by atoms with E-state index in [0.717, 1.165) is 24.9 Å². The van der Waals surface area contributed by atoms with E-state index in [0.29, 0.717) is 5.92 Å². The SMILES string of the molecule is CC(C)c1ccc(C(F)C2CCCCN2)cc1. The van der Waals surface area contributed by atoms with E-state index in [1.54, 1.807) is 0 Å². The fourth-order valence-corrected chi connectivity index (χ4v) is 2.43. The average molecular weight is 235 g/mol. The quantitative estimate of drug-likeness (QED) is 0.836. The van der Waals surface area contributed by atoms with Gasteiger partial charge < -0.3 is 5.32 Å². The number of piperidine rings is 1. The molecule has 2 rings (SSSR count). The fourth-order valence-electron chi connectivity index (χ4n) is 2.43. The van der Waals surface area contributed by atoms with Gasteiger partial charge in [0.05, 0.1) is 0 Å². The normalized spacial score (nSPS) is 22.7. The van der Waals surface area contributed by atoms with Crippen LogP contribution >= 0.6 is 0 Å². The van der Waals surface area contributed by atoms with Crippen molar-refractivity contribution >= 4 is 0 Å². The van der Waals surface area contributed by atoms with Gasteiger partial charge in [-0.1, -0.05) is 44.5 Å². The van der Waals surface area contributed by atoms with Crippen LogP contribution in [-0.2, 0) is 0 Å². The highest BCUT2D eigenvalue weighted by atomic mass is 19.1. The second-order valence-corrected chi connectivity index (χ2v) is 5.28. The summed E-state index contributed by atoms with van der Waals surface area (Å²) in [5.74, 6) is 0.509. The lowest BCUT2D eigenvalue weighted by Gasteiger charge is -2.26. The standard InChI is InChI=1S/C15H22FN/c1-11(2)12-6-8-13(9-7-12)15(16)14-5-3-4-10-17-14/h6-9,11,14-15,17H,3-5,10H2,1-2H3. The van der Waals surface area contributed by atoms with E-state index in [-0.39, 0.29) is 6.04 Å². The Morgan fingerprint density at radius 3 is 2.29 bits per heavy atom. The molecule has 1 nitrogen and oxygen atoms in total. The summed E-state index contributed by atoms with van der Waals surface area (Å²) in [6.45, 7) is 5.27. The highest BCUT2D eigenvalue weighted by Gasteiger charge is 2.24. The first-order valence-corrected chi connectivity index (χ1v) is 6.66. The predicted octanol–water partition coefficient (Wildman–Crippen LogP) is 3.96. The van der Waals surface area contributed by atoms with Gasteiger partial charge in [0.15, 0.2) is 0 Å². The lowest BCUT2D eigenvalue weighted by molar-refractivity contribution is 0.221. The molecule has 2 atom stereocenters. The van der Waals surface area contributed by atoms with Gasteiger partial charge in [0, 0.05) is 6.04 Å². The summed E-state index contributed by atoms with van der Waals surface area (Å²) in [6, 6.07) is 7.99. The summed E-state index contributed by atoms with van der Waals surface area (Å²) < 4.78 is 14.3. The Labute approximate surface area is 103 Å². The Bertz CT molecular complexity index is 338. The van der Waals surface area contributed by atoms with Crippen LogP contribution in [-0.4, -0.2) is 12.6 Å². The van der Waals surface area contributed by atoms with E-state index in [1.807, 2.05) is 12.1 Å². The molecule has 1 aliphatic heterocycles. The predicted molar refractivity (Wildman–Crippen MR) is 70.0 cm³/mol. The Hall–Kier alpha value is -0.890. The lowest BCUT2D eigenvalue weighted by atomic mass is 9.94. The van der Waals surface area contributed by atoms with Crippen molar-refractivity contribution in [2.45, 2.75) is 51.2 Å². The molecule has 1 aliphatic rings. The minimum absolute atomic E-state index is 0.00801. The Morgan fingerprint density at radius 1 is 1.12 bits per heavy atom. The van der Waals surface area contributed by atoms with Gasteiger partial charge >= 0.3 is 0 Å². The number of rotatable bonds is 3. The molecule has 1 fully saturated rings. The highest BCUT2D eigenvalue weighted by molar-refractivity contribution is 5.27. The highest BCUT2D eigenvalue weighted by Crippen LogP contribution is 2.27. The van der Waals surface area contributed by atoms with Crippen molar-refractivity contribution in [2.24, 2.45) is 0 Å². The van der Waals surface area contributed by atoms with E-state index in [9.17, 15) is 4.39 Å². The number of hydrogen-bond acceptors (Lipinski definition) is 1. The molecule has 0 aromatic heterocycles. The minimum atomic E-state index is -0.864. The number of nitrogens with one attached hydrogen (secondary N) is 1. The van der Waals surface area contributed by atoms with Gasteiger partial charge in [-0.25, -0.2) is 4.39 Å². The molecular formula is C15H22FN. The molecule has 1 heterocycles. The zero-order valence-electron chi connectivity index (χ0n) is 10.7. The summed E-state index contributed by atoms with van der Waals surface area (Å²) in [7, 11) is 0. The molecule has 2 heteroatoms. The third-order valence-corrected chi connectivity index (χ3v) is 3.62. The zero-order valence-corrected chi connectivity index (χ0v) is 10.7. The van der Waals surface area contributed by atoms with Crippen LogP contribution in [0.4, 0.5) is 4.39 Å². The van der Waals surface area contributed by atoms with Crippen molar-refractivity contribution < 1.29 is 4.39 Å². The zero-order chi connectivity index (χ0) is 12.3. The van der Waals surface area contributed by atoms with Crippen LogP contribution < -0.4 is 5.32 Å². The van der Waals surface area contributed by atoms with Crippen LogP contribution in [0.5, 0.6) is 0 Å². The van der Waals surface area contributed by atoms with Crippen LogP contribution in [0.1, 0.15) is 56.3 Å². The Kier molecular flexibility index (Phi) is 4.16. The largest absolute Gasteiger partial charge is 0.311 e. The Morgan fingerprint density at radius 2 is 1.76 bits per heavy atom. The molecule has 0 saturated carbocycles. The summed E-state index contributed by atoms with van der Waals surface area (Å²) in [4.78, 5) is 0. The van der Waals surface area contributed by atoms with Crippen LogP contribution in [0, 0.1) is 0 Å². The molecule has 0 radical (unpaired) electrons. The van der Waals surface area contributed by atoms with Crippen molar-refractivity contribution in [1.82, 2.24) is 5.32 Å². The van der Waals surface area contributed by atoms with E-state index in [2.05, 4.69) is 31.3 Å². The van der Waals surface area contributed by atoms with Gasteiger partial charge in [0.2, 0.25) is 0 Å². The molecule has 17 heavy (non-hydrogen) atoms. The maximum atomic E-state index is 14.3. The van der Waals surface area contributed by atoms with E-state index in [1.165, 1.54) is 12.0 Å². The van der Waals surface area contributed by atoms with Crippen molar-refractivity contribution in [3.8, 4) is 0 Å². The lowest BCUT2D eigenvalue weighted by Crippen LogP contribution is -2.37. The third kappa shape index (κ3) is 3.06. The molecule has 0 spiro atoms. The van der Waals surface area contributed by atoms with Crippen LogP contribution in [0.25, 0.3) is 0 Å². The van der Waals surface area contributed by atoms with E-state index >= 15 is 0 Å². The summed E-state index contributed by atoms with van der Waals surface area (Å²) in [6.07, 6.45) is 2.40. The first-order valence-electron chi connectivity index (χ1n) is 6.66. The van der Waals surface area contributed by atoms with Crippen molar-refractivity contribution in [2.75, 3.05) is 6.54 Å². The maximum Gasteiger partial charge on any atom is 0.140 e. The minimum Gasteiger partial charge on any atom is -0.311 e. The van der Waals surface area contributed by atoms with Crippen LogP contribution in [0.15, 0.2) is 24.3 Å². The number of benzene rings is 1. The van der Waals surface area contributed by atoms with E-state index < -0.39 is 6.17 Å². The Balaban J connectivity index is 2.05. The monoisotopic (exact) mass is 235 g/mol. The molecule has 1 aromatic carbocycles. The molecule has 1 N–H and O–H groups in total. The molecule has 0 amide bonds.